The molecule has 6 nitrogen and oxygen atoms in total. The average Bonchev–Trinajstić information content (AvgIpc) is 3.03. The number of hydrogen-bond acceptors (Lipinski definition) is 5. The van der Waals surface area contributed by atoms with Gasteiger partial charge in [0.05, 0.1) is 0 Å². The molecule has 3 rings (SSSR count). The summed E-state index contributed by atoms with van der Waals surface area (Å²) in [6.45, 7) is 6.54. The quantitative estimate of drug-likeness (QED) is 0.842. The predicted molar refractivity (Wildman–Crippen MR) is 104 cm³/mol. The molecule has 2 atom stereocenters. The number of carbonyl (C=O) groups is 1. The second-order valence-corrected chi connectivity index (χ2v) is 7.51. The summed E-state index contributed by atoms with van der Waals surface area (Å²) in [6, 6.07) is 8.44. The molecule has 1 aromatic carbocycles. The minimum absolute atomic E-state index is 0.299. The van der Waals surface area contributed by atoms with E-state index in [9.17, 15) is 4.79 Å². The summed E-state index contributed by atoms with van der Waals surface area (Å²) in [7, 11) is 0. The first-order chi connectivity index (χ1) is 12.1. The average molecular weight is 359 g/mol. The number of rotatable bonds is 4. The van der Waals surface area contributed by atoms with Gasteiger partial charge in [0.15, 0.2) is 0 Å². The Morgan fingerprint density at radius 2 is 1.84 bits per heavy atom. The summed E-state index contributed by atoms with van der Waals surface area (Å²) in [5.74, 6) is 0. The van der Waals surface area contributed by atoms with Gasteiger partial charge in [-0.3, -0.25) is 5.32 Å². The SMILES string of the molecule is CCc1ccc(NC(=O)Nc2nnc(N3[C@@H](C)CCC[C@@H]3C)s2)cc1. The van der Waals surface area contributed by atoms with Crippen molar-refractivity contribution in [3.63, 3.8) is 0 Å². The van der Waals surface area contributed by atoms with E-state index >= 15 is 0 Å². The number of hydrogen-bond donors (Lipinski definition) is 2. The number of nitrogens with zero attached hydrogens (tertiary/aromatic N) is 3. The molecule has 0 saturated carbocycles. The first kappa shape index (κ1) is 17.7. The molecule has 1 aliphatic rings. The lowest BCUT2D eigenvalue weighted by Crippen LogP contribution is -2.43. The summed E-state index contributed by atoms with van der Waals surface area (Å²) in [5, 5.41) is 15.4. The maximum absolute atomic E-state index is 12.2. The Bertz CT molecular complexity index is 705. The smallest absolute Gasteiger partial charge is 0.325 e. The van der Waals surface area contributed by atoms with Crippen LogP contribution in [0.2, 0.25) is 0 Å². The van der Waals surface area contributed by atoms with Gasteiger partial charge < -0.3 is 10.2 Å². The molecular formula is C18H25N5OS. The van der Waals surface area contributed by atoms with Crippen molar-refractivity contribution in [2.45, 2.75) is 58.5 Å². The number of piperidine rings is 1. The Balaban J connectivity index is 1.61. The normalized spacial score (nSPS) is 20.4. The van der Waals surface area contributed by atoms with Crippen molar-refractivity contribution in [3.8, 4) is 0 Å². The summed E-state index contributed by atoms with van der Waals surface area (Å²) in [4.78, 5) is 14.5. The van der Waals surface area contributed by atoms with Crippen molar-refractivity contribution in [3.05, 3.63) is 29.8 Å². The Kier molecular flexibility index (Phi) is 5.53. The molecule has 2 N–H and O–H groups in total. The number of carbonyl (C=O) groups excluding carboxylic acids is 1. The first-order valence-electron chi connectivity index (χ1n) is 8.85. The fourth-order valence-electron chi connectivity index (χ4n) is 3.25. The van der Waals surface area contributed by atoms with Crippen LogP contribution in [-0.4, -0.2) is 28.3 Å². The van der Waals surface area contributed by atoms with Crippen molar-refractivity contribution in [2.24, 2.45) is 0 Å². The predicted octanol–water partition coefficient (Wildman–Crippen LogP) is 4.51. The van der Waals surface area contributed by atoms with Gasteiger partial charge in [0, 0.05) is 17.8 Å². The van der Waals surface area contributed by atoms with Gasteiger partial charge in [0.25, 0.3) is 0 Å². The van der Waals surface area contributed by atoms with Crippen LogP contribution in [0.25, 0.3) is 0 Å². The number of urea groups is 1. The van der Waals surface area contributed by atoms with Crippen molar-refractivity contribution in [2.75, 3.05) is 15.5 Å². The first-order valence-corrected chi connectivity index (χ1v) is 9.67. The second kappa shape index (κ2) is 7.82. The molecule has 0 unspecified atom stereocenters. The van der Waals surface area contributed by atoms with E-state index in [4.69, 9.17) is 0 Å². The lowest BCUT2D eigenvalue weighted by molar-refractivity contribution is 0.262. The zero-order valence-corrected chi connectivity index (χ0v) is 15.8. The van der Waals surface area contributed by atoms with Crippen LogP contribution in [0.4, 0.5) is 20.7 Å². The highest BCUT2D eigenvalue weighted by Gasteiger charge is 2.27. The highest BCUT2D eigenvalue weighted by molar-refractivity contribution is 7.19. The van der Waals surface area contributed by atoms with E-state index in [-0.39, 0.29) is 6.03 Å². The Hall–Kier alpha value is -2.15. The van der Waals surface area contributed by atoms with Gasteiger partial charge in [-0.15, -0.1) is 10.2 Å². The van der Waals surface area contributed by atoms with Gasteiger partial charge in [-0.05, 0) is 57.2 Å². The number of nitrogens with one attached hydrogen (secondary N) is 2. The summed E-state index contributed by atoms with van der Waals surface area (Å²) < 4.78 is 0. The zero-order valence-electron chi connectivity index (χ0n) is 15.0. The minimum Gasteiger partial charge on any atom is -0.341 e. The van der Waals surface area contributed by atoms with E-state index in [1.54, 1.807) is 0 Å². The number of benzene rings is 1. The van der Waals surface area contributed by atoms with Gasteiger partial charge in [0.2, 0.25) is 10.3 Å². The minimum atomic E-state index is -0.299. The van der Waals surface area contributed by atoms with E-state index in [2.05, 4.69) is 46.5 Å². The maximum Gasteiger partial charge on any atom is 0.325 e. The molecule has 25 heavy (non-hydrogen) atoms. The van der Waals surface area contributed by atoms with E-state index in [0.717, 1.165) is 17.2 Å². The topological polar surface area (TPSA) is 70.1 Å². The molecule has 1 aromatic heterocycles. The third-order valence-electron chi connectivity index (χ3n) is 4.67. The van der Waals surface area contributed by atoms with Gasteiger partial charge in [0.1, 0.15) is 0 Å². The largest absolute Gasteiger partial charge is 0.341 e. The van der Waals surface area contributed by atoms with Crippen LogP contribution in [0.5, 0.6) is 0 Å². The molecule has 2 amide bonds. The van der Waals surface area contributed by atoms with Crippen LogP contribution in [0.3, 0.4) is 0 Å². The summed E-state index contributed by atoms with van der Waals surface area (Å²) in [6.07, 6.45) is 4.57. The van der Waals surface area contributed by atoms with Crippen LogP contribution >= 0.6 is 11.3 Å². The van der Waals surface area contributed by atoms with Gasteiger partial charge >= 0.3 is 6.03 Å². The standard InChI is InChI=1S/C18H25N5OS/c1-4-14-8-10-15(11-9-14)19-16(24)20-17-21-22-18(25-17)23-12(2)6-5-7-13(23)3/h8-13H,4-7H2,1-3H3,(H2,19,20,21,24)/t12-,13-/m0/s1. The third-order valence-corrected chi connectivity index (χ3v) is 5.52. The zero-order chi connectivity index (χ0) is 17.8. The van der Waals surface area contributed by atoms with E-state index < -0.39 is 0 Å². The lowest BCUT2D eigenvalue weighted by Gasteiger charge is -2.38. The molecule has 2 aromatic rings. The van der Waals surface area contributed by atoms with Crippen LogP contribution < -0.4 is 15.5 Å². The number of aryl methyl sites for hydroxylation is 1. The van der Waals surface area contributed by atoms with Crippen molar-refractivity contribution < 1.29 is 4.79 Å². The highest BCUT2D eigenvalue weighted by Crippen LogP contribution is 2.32. The van der Waals surface area contributed by atoms with Crippen molar-refractivity contribution in [1.29, 1.82) is 0 Å². The maximum atomic E-state index is 12.2. The van der Waals surface area contributed by atoms with Crippen molar-refractivity contribution in [1.82, 2.24) is 10.2 Å². The van der Waals surface area contributed by atoms with E-state index in [0.29, 0.717) is 17.2 Å². The monoisotopic (exact) mass is 359 g/mol. The molecule has 2 heterocycles. The molecule has 1 aliphatic heterocycles. The summed E-state index contributed by atoms with van der Waals surface area (Å²) in [5.41, 5.74) is 2.00. The van der Waals surface area contributed by atoms with Crippen LogP contribution in [0, 0.1) is 0 Å². The molecule has 1 fully saturated rings. The molecular weight excluding hydrogens is 334 g/mol. The number of anilines is 3. The molecule has 7 heteroatoms. The Labute approximate surface area is 152 Å². The molecule has 0 bridgehead atoms. The van der Waals surface area contributed by atoms with Crippen LogP contribution in [0.1, 0.15) is 45.6 Å². The van der Waals surface area contributed by atoms with Crippen LogP contribution in [0.15, 0.2) is 24.3 Å². The molecule has 0 spiro atoms. The third kappa shape index (κ3) is 4.28. The van der Waals surface area contributed by atoms with Crippen LogP contribution in [-0.2, 0) is 6.42 Å². The number of aromatic nitrogens is 2. The number of amides is 2. The fraction of sp³-hybridized carbons (Fsp3) is 0.500. The van der Waals surface area contributed by atoms with Crippen molar-refractivity contribution >= 4 is 33.3 Å². The fourth-order valence-corrected chi connectivity index (χ4v) is 4.20. The Morgan fingerprint density at radius 3 is 2.48 bits per heavy atom. The summed E-state index contributed by atoms with van der Waals surface area (Å²) >= 11 is 1.42. The second-order valence-electron chi connectivity index (χ2n) is 6.56. The van der Waals surface area contributed by atoms with Gasteiger partial charge in [-0.25, -0.2) is 4.79 Å². The molecule has 134 valence electrons. The lowest BCUT2D eigenvalue weighted by atomic mass is 9.98. The van der Waals surface area contributed by atoms with Gasteiger partial charge in [-0.2, -0.15) is 0 Å². The molecule has 0 aliphatic carbocycles. The Morgan fingerprint density at radius 1 is 1.16 bits per heavy atom. The molecule has 0 radical (unpaired) electrons. The van der Waals surface area contributed by atoms with E-state index in [1.165, 1.54) is 36.2 Å². The van der Waals surface area contributed by atoms with E-state index in [1.807, 2.05) is 24.3 Å². The highest BCUT2D eigenvalue weighted by atomic mass is 32.1. The van der Waals surface area contributed by atoms with Gasteiger partial charge in [-0.1, -0.05) is 30.4 Å². The molecule has 1 saturated heterocycles.